The van der Waals surface area contributed by atoms with E-state index in [-0.39, 0.29) is 45.9 Å². The Kier molecular flexibility index (Phi) is 5.37. The number of likely N-dealkylation sites (tertiary alicyclic amines) is 1. The van der Waals surface area contributed by atoms with Crippen LogP contribution in [0.2, 0.25) is 0 Å². The van der Waals surface area contributed by atoms with Crippen LogP contribution in [-0.2, 0) is 15.0 Å². The second-order valence-corrected chi connectivity index (χ2v) is 8.04. The molecule has 0 spiro atoms. The molecule has 6 heteroatoms. The number of benzene rings is 1. The van der Waals surface area contributed by atoms with Gasteiger partial charge < -0.3 is 0 Å². The van der Waals surface area contributed by atoms with E-state index in [1.54, 1.807) is 12.1 Å². The number of imide groups is 1. The number of nitrogens with zero attached hydrogens (tertiary/aromatic N) is 1. The van der Waals surface area contributed by atoms with Crippen molar-refractivity contribution in [3.05, 3.63) is 35.4 Å². The van der Waals surface area contributed by atoms with Crippen LogP contribution in [0, 0.1) is 0 Å². The van der Waals surface area contributed by atoms with Crippen LogP contribution in [0.3, 0.4) is 0 Å². The first kappa shape index (κ1) is 17.8. The Morgan fingerprint density at radius 3 is 2.13 bits per heavy atom. The Morgan fingerprint density at radius 2 is 1.65 bits per heavy atom. The number of thiocarbonyl (C=S) groups is 1. The minimum atomic E-state index is -0.283. The SMILES string of the molecule is CC(C)(C)c1ccc(C(=O)CSC(=S)N2C(=O)CCC2=O)cc1. The molecule has 0 atom stereocenters. The molecule has 1 aliphatic rings. The summed E-state index contributed by atoms with van der Waals surface area (Å²) in [6.45, 7) is 6.34. The van der Waals surface area contributed by atoms with Crippen LogP contribution in [0.25, 0.3) is 0 Å². The number of amides is 2. The zero-order chi connectivity index (χ0) is 17.2. The summed E-state index contributed by atoms with van der Waals surface area (Å²) in [5.41, 5.74) is 1.80. The maximum Gasteiger partial charge on any atom is 0.235 e. The minimum absolute atomic E-state index is 0.0361. The molecular weight excluding hydrogens is 330 g/mol. The monoisotopic (exact) mass is 349 g/mol. The fourth-order valence-electron chi connectivity index (χ4n) is 2.21. The first-order valence-electron chi connectivity index (χ1n) is 7.36. The summed E-state index contributed by atoms with van der Waals surface area (Å²) in [6, 6.07) is 7.50. The summed E-state index contributed by atoms with van der Waals surface area (Å²) in [6.07, 6.45) is 0.392. The highest BCUT2D eigenvalue weighted by atomic mass is 32.2. The van der Waals surface area contributed by atoms with Crippen LogP contribution in [-0.4, -0.2) is 32.6 Å². The summed E-state index contributed by atoms with van der Waals surface area (Å²) in [5, 5.41) is 0. The second-order valence-electron chi connectivity index (χ2n) is 6.43. The lowest BCUT2D eigenvalue weighted by Crippen LogP contribution is -2.32. The standard InChI is InChI=1S/C17H19NO3S2/c1-17(2,3)12-6-4-11(5-7-12)13(19)10-23-16(22)18-14(20)8-9-15(18)21/h4-7H,8-10H2,1-3H3. The maximum absolute atomic E-state index is 12.2. The lowest BCUT2D eigenvalue weighted by Gasteiger charge is -2.19. The molecular formula is C17H19NO3S2. The van der Waals surface area contributed by atoms with E-state index >= 15 is 0 Å². The van der Waals surface area contributed by atoms with E-state index in [4.69, 9.17) is 12.2 Å². The van der Waals surface area contributed by atoms with Crippen LogP contribution in [0.15, 0.2) is 24.3 Å². The normalized spacial score (nSPS) is 15.2. The molecule has 2 rings (SSSR count). The molecule has 0 aliphatic carbocycles. The van der Waals surface area contributed by atoms with Crippen LogP contribution < -0.4 is 0 Å². The lowest BCUT2D eigenvalue weighted by molar-refractivity contribution is -0.133. The molecule has 0 saturated carbocycles. The largest absolute Gasteiger partial charge is 0.293 e. The van der Waals surface area contributed by atoms with E-state index in [9.17, 15) is 14.4 Å². The molecule has 0 N–H and O–H groups in total. The minimum Gasteiger partial charge on any atom is -0.293 e. The van der Waals surface area contributed by atoms with Crippen LogP contribution >= 0.6 is 24.0 Å². The predicted molar refractivity (Wildman–Crippen MR) is 95.6 cm³/mol. The second kappa shape index (κ2) is 6.93. The van der Waals surface area contributed by atoms with Crippen molar-refractivity contribution in [3.8, 4) is 0 Å². The van der Waals surface area contributed by atoms with Crippen LogP contribution in [0.5, 0.6) is 0 Å². The number of carbonyl (C=O) groups is 3. The van der Waals surface area contributed by atoms with Gasteiger partial charge in [0, 0.05) is 18.4 Å². The fraction of sp³-hybridized carbons (Fsp3) is 0.412. The molecule has 4 nitrogen and oxygen atoms in total. The van der Waals surface area contributed by atoms with Crippen molar-refractivity contribution in [2.45, 2.75) is 39.0 Å². The van der Waals surface area contributed by atoms with Gasteiger partial charge in [-0.05, 0) is 11.0 Å². The molecule has 1 aliphatic heterocycles. The summed E-state index contributed by atoms with van der Waals surface area (Å²) in [4.78, 5) is 36.4. The van der Waals surface area contributed by atoms with Gasteiger partial charge in [-0.15, -0.1) is 0 Å². The zero-order valence-corrected chi connectivity index (χ0v) is 15.1. The molecule has 0 bridgehead atoms. The fourth-order valence-corrected chi connectivity index (χ4v) is 3.35. The molecule has 1 fully saturated rings. The number of hydrogen-bond donors (Lipinski definition) is 0. The number of carbonyl (C=O) groups excluding carboxylic acids is 3. The average Bonchev–Trinajstić information content (AvgIpc) is 2.83. The van der Waals surface area contributed by atoms with Gasteiger partial charge in [0.05, 0.1) is 5.75 Å². The number of rotatable bonds is 3. The highest BCUT2D eigenvalue weighted by molar-refractivity contribution is 8.23. The van der Waals surface area contributed by atoms with E-state index in [0.29, 0.717) is 5.56 Å². The van der Waals surface area contributed by atoms with Crippen molar-refractivity contribution in [1.29, 1.82) is 0 Å². The smallest absolute Gasteiger partial charge is 0.235 e. The highest BCUT2D eigenvalue weighted by Crippen LogP contribution is 2.23. The molecule has 1 saturated heterocycles. The maximum atomic E-state index is 12.2. The van der Waals surface area contributed by atoms with E-state index in [2.05, 4.69) is 20.8 Å². The molecule has 23 heavy (non-hydrogen) atoms. The van der Waals surface area contributed by atoms with E-state index in [1.807, 2.05) is 12.1 Å². The molecule has 1 aromatic rings. The van der Waals surface area contributed by atoms with Gasteiger partial charge in [0.2, 0.25) is 11.8 Å². The van der Waals surface area contributed by atoms with Crippen molar-refractivity contribution in [1.82, 2.24) is 4.90 Å². The van der Waals surface area contributed by atoms with E-state index in [0.717, 1.165) is 22.2 Å². The Labute approximate surface area is 145 Å². The number of hydrogen-bond acceptors (Lipinski definition) is 5. The zero-order valence-electron chi connectivity index (χ0n) is 13.4. The summed E-state index contributed by atoms with van der Waals surface area (Å²) in [7, 11) is 0. The van der Waals surface area contributed by atoms with Gasteiger partial charge >= 0.3 is 0 Å². The Balaban J connectivity index is 1.96. The third kappa shape index (κ3) is 4.26. The molecule has 0 radical (unpaired) electrons. The predicted octanol–water partition coefficient (Wildman–Crippen LogP) is 3.33. The molecule has 0 unspecified atom stereocenters. The first-order valence-corrected chi connectivity index (χ1v) is 8.76. The Bertz CT molecular complexity index is 643. The number of thioether (sulfide) groups is 1. The molecule has 0 aromatic heterocycles. The van der Waals surface area contributed by atoms with E-state index in [1.165, 1.54) is 0 Å². The van der Waals surface area contributed by atoms with Crippen molar-refractivity contribution >= 4 is 45.9 Å². The van der Waals surface area contributed by atoms with Crippen LogP contribution in [0.4, 0.5) is 0 Å². The number of ketones is 1. The Hall–Kier alpha value is -1.53. The lowest BCUT2D eigenvalue weighted by atomic mass is 9.86. The highest BCUT2D eigenvalue weighted by Gasteiger charge is 2.32. The first-order chi connectivity index (χ1) is 10.7. The van der Waals surface area contributed by atoms with E-state index < -0.39 is 0 Å². The molecule has 2 amide bonds. The van der Waals surface area contributed by atoms with Crippen molar-refractivity contribution in [2.75, 3.05) is 5.75 Å². The van der Waals surface area contributed by atoms with Crippen molar-refractivity contribution in [3.63, 3.8) is 0 Å². The van der Waals surface area contributed by atoms with Gasteiger partial charge in [0.15, 0.2) is 5.78 Å². The van der Waals surface area contributed by atoms with Gasteiger partial charge in [0.25, 0.3) is 0 Å². The van der Waals surface area contributed by atoms with Crippen molar-refractivity contribution in [2.24, 2.45) is 0 Å². The molecule has 1 heterocycles. The molecule has 1 aromatic carbocycles. The van der Waals surface area contributed by atoms with Gasteiger partial charge in [0.1, 0.15) is 4.32 Å². The summed E-state index contributed by atoms with van der Waals surface area (Å²) >= 11 is 6.16. The topological polar surface area (TPSA) is 54.5 Å². The molecule has 122 valence electrons. The third-order valence-corrected chi connectivity index (χ3v) is 5.01. The Morgan fingerprint density at radius 1 is 1.13 bits per heavy atom. The van der Waals surface area contributed by atoms with Gasteiger partial charge in [-0.25, -0.2) is 4.90 Å². The van der Waals surface area contributed by atoms with Crippen molar-refractivity contribution < 1.29 is 14.4 Å². The van der Waals surface area contributed by atoms with Crippen LogP contribution in [0.1, 0.15) is 49.5 Å². The third-order valence-electron chi connectivity index (χ3n) is 3.63. The van der Waals surface area contributed by atoms with Gasteiger partial charge in [-0.3, -0.25) is 14.4 Å². The quantitative estimate of drug-likeness (QED) is 0.476. The summed E-state index contributed by atoms with van der Waals surface area (Å²) < 4.78 is 0.164. The number of Topliss-reactive ketones (excluding diaryl/α,β-unsaturated/α-hetero) is 1. The van der Waals surface area contributed by atoms with Gasteiger partial charge in [-0.2, -0.15) is 0 Å². The average molecular weight is 349 g/mol. The summed E-state index contributed by atoms with van der Waals surface area (Å²) in [5.74, 6) is -0.522. The van der Waals surface area contributed by atoms with Gasteiger partial charge in [-0.1, -0.05) is 69.0 Å².